The van der Waals surface area contributed by atoms with Crippen molar-refractivity contribution in [3.63, 3.8) is 0 Å². The van der Waals surface area contributed by atoms with Crippen LogP contribution in [0.5, 0.6) is 0 Å². The first kappa shape index (κ1) is 15.4. The molecule has 0 aliphatic carbocycles. The molecule has 0 spiro atoms. The molecule has 2 N–H and O–H groups in total. The van der Waals surface area contributed by atoms with Crippen molar-refractivity contribution in [2.24, 2.45) is 0 Å². The number of carbonyl (C=O) groups excluding carboxylic acids is 1. The molecule has 0 atom stereocenters. The van der Waals surface area contributed by atoms with Crippen molar-refractivity contribution in [2.75, 3.05) is 18.4 Å². The van der Waals surface area contributed by atoms with Gasteiger partial charge >= 0.3 is 5.97 Å². The van der Waals surface area contributed by atoms with E-state index in [1.54, 1.807) is 26.8 Å². The molecule has 1 aliphatic rings. The monoisotopic (exact) mass is 290 g/mol. The van der Waals surface area contributed by atoms with Crippen LogP contribution >= 0.6 is 0 Å². The second-order valence-corrected chi connectivity index (χ2v) is 5.82. The number of hydrogen-bond acceptors (Lipinski definition) is 3. The van der Waals surface area contributed by atoms with Crippen molar-refractivity contribution < 1.29 is 14.7 Å². The third kappa shape index (κ3) is 2.86. The number of carboxylic acid groups (broad SMARTS) is 1. The van der Waals surface area contributed by atoms with Crippen molar-refractivity contribution in [3.8, 4) is 0 Å². The SMILES string of the molecule is CCN(C(=O)c1ccc2c(c1)CCCN2)C(C)(C)C(=O)O. The molecule has 0 radical (unpaired) electrons. The van der Waals surface area contributed by atoms with Crippen LogP contribution in [0.3, 0.4) is 0 Å². The molecule has 1 heterocycles. The topological polar surface area (TPSA) is 69.6 Å². The maximum absolute atomic E-state index is 12.7. The van der Waals surface area contributed by atoms with Gasteiger partial charge in [-0.2, -0.15) is 0 Å². The summed E-state index contributed by atoms with van der Waals surface area (Å²) < 4.78 is 0. The van der Waals surface area contributed by atoms with Crippen LogP contribution < -0.4 is 5.32 Å². The summed E-state index contributed by atoms with van der Waals surface area (Å²) in [5.74, 6) is -1.24. The molecule has 0 bridgehead atoms. The van der Waals surface area contributed by atoms with Crippen LogP contribution in [0.1, 0.15) is 43.1 Å². The zero-order valence-electron chi connectivity index (χ0n) is 12.8. The molecule has 0 saturated carbocycles. The van der Waals surface area contributed by atoms with Crippen LogP contribution in [-0.4, -0.2) is 40.5 Å². The van der Waals surface area contributed by atoms with Gasteiger partial charge < -0.3 is 15.3 Å². The third-order valence-corrected chi connectivity index (χ3v) is 4.05. The first-order valence-corrected chi connectivity index (χ1v) is 7.30. The Kier molecular flexibility index (Phi) is 4.21. The molecule has 1 amide bonds. The molecule has 1 aromatic rings. The number of anilines is 1. The van der Waals surface area contributed by atoms with E-state index >= 15 is 0 Å². The second kappa shape index (κ2) is 5.76. The lowest BCUT2D eigenvalue weighted by Crippen LogP contribution is -2.52. The lowest BCUT2D eigenvalue weighted by molar-refractivity contribution is -0.147. The minimum Gasteiger partial charge on any atom is -0.480 e. The van der Waals surface area contributed by atoms with E-state index in [1.807, 2.05) is 12.1 Å². The van der Waals surface area contributed by atoms with Gasteiger partial charge in [0.25, 0.3) is 5.91 Å². The first-order valence-electron chi connectivity index (χ1n) is 7.30. The molecule has 21 heavy (non-hydrogen) atoms. The van der Waals surface area contributed by atoms with E-state index in [2.05, 4.69) is 5.32 Å². The Balaban J connectivity index is 2.32. The number of likely N-dealkylation sites (N-methyl/N-ethyl adjacent to an activating group) is 1. The number of hydrogen-bond donors (Lipinski definition) is 2. The van der Waals surface area contributed by atoms with E-state index in [4.69, 9.17) is 0 Å². The van der Waals surface area contributed by atoms with E-state index in [0.29, 0.717) is 12.1 Å². The largest absolute Gasteiger partial charge is 0.480 e. The average Bonchev–Trinajstić information content (AvgIpc) is 2.46. The van der Waals surface area contributed by atoms with Gasteiger partial charge in [-0.1, -0.05) is 0 Å². The number of carboxylic acids is 1. The standard InChI is InChI=1S/C16H22N2O3/c1-4-18(16(2,3)15(20)21)14(19)12-7-8-13-11(10-12)6-5-9-17-13/h7-8,10,17H,4-6,9H2,1-3H3,(H,20,21). The fourth-order valence-electron chi connectivity index (χ4n) is 2.67. The van der Waals surface area contributed by atoms with Crippen molar-refractivity contribution in [3.05, 3.63) is 29.3 Å². The Bertz CT molecular complexity index is 567. The van der Waals surface area contributed by atoms with E-state index in [-0.39, 0.29) is 5.91 Å². The Labute approximate surface area is 125 Å². The van der Waals surface area contributed by atoms with E-state index < -0.39 is 11.5 Å². The molecule has 114 valence electrons. The minimum absolute atomic E-state index is 0.238. The number of carbonyl (C=O) groups is 2. The summed E-state index contributed by atoms with van der Waals surface area (Å²) in [6.45, 7) is 6.21. The van der Waals surface area contributed by atoms with Crippen LogP contribution in [0.2, 0.25) is 0 Å². The lowest BCUT2D eigenvalue weighted by atomic mass is 9.98. The lowest BCUT2D eigenvalue weighted by Gasteiger charge is -2.34. The quantitative estimate of drug-likeness (QED) is 0.893. The third-order valence-electron chi connectivity index (χ3n) is 4.05. The number of nitrogens with zero attached hydrogens (tertiary/aromatic N) is 1. The van der Waals surface area contributed by atoms with E-state index in [9.17, 15) is 14.7 Å². The maximum atomic E-state index is 12.7. The fraction of sp³-hybridized carbons (Fsp3) is 0.500. The number of aryl methyl sites for hydroxylation is 1. The van der Waals surface area contributed by atoms with Crippen LogP contribution in [0.15, 0.2) is 18.2 Å². The molecule has 5 heteroatoms. The van der Waals surface area contributed by atoms with Crippen LogP contribution in [0.4, 0.5) is 5.69 Å². The summed E-state index contributed by atoms with van der Waals surface area (Å²) in [5.41, 5.74) is 1.52. The highest BCUT2D eigenvalue weighted by molar-refractivity contribution is 5.98. The fourth-order valence-corrected chi connectivity index (χ4v) is 2.67. The Morgan fingerprint density at radius 2 is 2.10 bits per heavy atom. The van der Waals surface area contributed by atoms with Gasteiger partial charge in [0, 0.05) is 24.3 Å². The number of rotatable bonds is 4. The van der Waals surface area contributed by atoms with Gasteiger partial charge in [0.05, 0.1) is 0 Å². The van der Waals surface area contributed by atoms with Gasteiger partial charge in [0.15, 0.2) is 0 Å². The zero-order chi connectivity index (χ0) is 15.6. The summed E-state index contributed by atoms with van der Waals surface area (Å²) in [4.78, 5) is 25.4. The molecule has 5 nitrogen and oxygen atoms in total. The number of benzene rings is 1. The summed E-state index contributed by atoms with van der Waals surface area (Å²) in [6, 6.07) is 5.55. The Hall–Kier alpha value is -2.04. The van der Waals surface area contributed by atoms with Crippen molar-refractivity contribution in [1.82, 2.24) is 4.90 Å². The first-order chi connectivity index (χ1) is 9.87. The molecule has 1 aliphatic heterocycles. The minimum atomic E-state index is -1.22. The van der Waals surface area contributed by atoms with Crippen LogP contribution in [0.25, 0.3) is 0 Å². The summed E-state index contributed by atoms with van der Waals surface area (Å²) in [7, 11) is 0. The smallest absolute Gasteiger partial charge is 0.329 e. The van der Waals surface area contributed by atoms with Gasteiger partial charge in [-0.05, 0) is 57.4 Å². The van der Waals surface area contributed by atoms with Crippen LogP contribution in [-0.2, 0) is 11.2 Å². The van der Waals surface area contributed by atoms with Crippen molar-refractivity contribution in [1.29, 1.82) is 0 Å². The average molecular weight is 290 g/mol. The maximum Gasteiger partial charge on any atom is 0.329 e. The molecule has 0 unspecified atom stereocenters. The Morgan fingerprint density at radius 3 is 2.71 bits per heavy atom. The molecular weight excluding hydrogens is 268 g/mol. The predicted molar refractivity (Wildman–Crippen MR) is 81.7 cm³/mol. The van der Waals surface area contributed by atoms with Crippen LogP contribution in [0, 0.1) is 0 Å². The highest BCUT2D eigenvalue weighted by Crippen LogP contribution is 2.25. The predicted octanol–water partition coefficient (Wildman–Crippen LogP) is 2.37. The zero-order valence-corrected chi connectivity index (χ0v) is 12.8. The van der Waals surface area contributed by atoms with Crippen molar-refractivity contribution in [2.45, 2.75) is 39.2 Å². The molecule has 0 fully saturated rings. The molecule has 0 aromatic heterocycles. The van der Waals surface area contributed by atoms with Gasteiger partial charge in [-0.15, -0.1) is 0 Å². The van der Waals surface area contributed by atoms with E-state index in [1.165, 1.54) is 4.90 Å². The number of fused-ring (bicyclic) bond motifs is 1. The van der Waals surface area contributed by atoms with Gasteiger partial charge in [0.1, 0.15) is 5.54 Å². The summed E-state index contributed by atoms with van der Waals surface area (Å²) >= 11 is 0. The molecular formula is C16H22N2O3. The number of amides is 1. The van der Waals surface area contributed by atoms with Crippen molar-refractivity contribution >= 4 is 17.6 Å². The van der Waals surface area contributed by atoms with Gasteiger partial charge in [0.2, 0.25) is 0 Å². The molecule has 1 aromatic carbocycles. The summed E-state index contributed by atoms with van der Waals surface area (Å²) in [5, 5.41) is 12.6. The molecule has 2 rings (SSSR count). The highest BCUT2D eigenvalue weighted by Gasteiger charge is 2.37. The second-order valence-electron chi connectivity index (χ2n) is 5.82. The summed E-state index contributed by atoms with van der Waals surface area (Å²) in [6.07, 6.45) is 1.99. The van der Waals surface area contributed by atoms with Gasteiger partial charge in [-0.3, -0.25) is 4.79 Å². The molecule has 0 saturated heterocycles. The number of nitrogens with one attached hydrogen (secondary N) is 1. The van der Waals surface area contributed by atoms with Gasteiger partial charge in [-0.25, -0.2) is 4.79 Å². The highest BCUT2D eigenvalue weighted by atomic mass is 16.4. The Morgan fingerprint density at radius 1 is 1.38 bits per heavy atom. The normalized spacial score (nSPS) is 14.0. The van der Waals surface area contributed by atoms with E-state index in [0.717, 1.165) is 30.6 Å². The number of aliphatic carboxylic acids is 1.